The molecule has 0 aliphatic heterocycles. The van der Waals surface area contributed by atoms with E-state index in [-0.39, 0.29) is 6.04 Å². The zero-order chi connectivity index (χ0) is 14.7. The van der Waals surface area contributed by atoms with Gasteiger partial charge in [-0.05, 0) is 30.3 Å². The fraction of sp³-hybridized carbons (Fsp3) is 0.125. The molecule has 1 unspecified atom stereocenters. The minimum absolute atomic E-state index is 0.214. The van der Waals surface area contributed by atoms with Crippen LogP contribution in [-0.2, 0) is 7.05 Å². The number of furan rings is 1. The summed E-state index contributed by atoms with van der Waals surface area (Å²) in [5.41, 5.74) is 1.46. The molecule has 5 heteroatoms. The summed E-state index contributed by atoms with van der Waals surface area (Å²) in [5.74, 6) is 1.61. The normalized spacial score (nSPS) is 11.8. The molecule has 0 saturated heterocycles. The highest BCUT2D eigenvalue weighted by atomic mass is 16.3. The Labute approximate surface area is 122 Å². The second-order valence-electron chi connectivity index (χ2n) is 4.68. The van der Waals surface area contributed by atoms with Crippen LogP contribution in [0.2, 0.25) is 0 Å². The number of rotatable bonds is 4. The van der Waals surface area contributed by atoms with Crippen molar-refractivity contribution >= 4 is 5.69 Å². The van der Waals surface area contributed by atoms with E-state index in [9.17, 15) is 0 Å². The number of benzene rings is 1. The SMILES string of the molecule is Cn1ccnc1C(Nc1cccc(C#N)c1)c1ccco1. The molecule has 104 valence electrons. The third-order valence-electron chi connectivity index (χ3n) is 3.25. The zero-order valence-electron chi connectivity index (χ0n) is 11.5. The molecule has 1 atom stereocenters. The maximum atomic E-state index is 9.00. The van der Waals surface area contributed by atoms with E-state index in [4.69, 9.17) is 9.68 Å². The van der Waals surface area contributed by atoms with Gasteiger partial charge in [0.05, 0.1) is 17.9 Å². The molecule has 1 N–H and O–H groups in total. The number of imidazole rings is 1. The van der Waals surface area contributed by atoms with Crippen LogP contribution in [0.4, 0.5) is 5.69 Å². The molecule has 1 aromatic carbocycles. The largest absolute Gasteiger partial charge is 0.467 e. The zero-order valence-corrected chi connectivity index (χ0v) is 11.5. The van der Waals surface area contributed by atoms with Crippen LogP contribution < -0.4 is 5.32 Å². The van der Waals surface area contributed by atoms with Crippen LogP contribution in [0.1, 0.15) is 23.2 Å². The van der Waals surface area contributed by atoms with E-state index < -0.39 is 0 Å². The molecule has 0 saturated carbocycles. The maximum absolute atomic E-state index is 9.00. The fourth-order valence-corrected chi connectivity index (χ4v) is 2.22. The summed E-state index contributed by atoms with van der Waals surface area (Å²) in [6.45, 7) is 0. The number of nitriles is 1. The van der Waals surface area contributed by atoms with Gasteiger partial charge in [0.2, 0.25) is 0 Å². The minimum atomic E-state index is -0.214. The number of anilines is 1. The molecule has 0 amide bonds. The van der Waals surface area contributed by atoms with E-state index in [1.165, 1.54) is 0 Å². The Balaban J connectivity index is 1.97. The standard InChI is InChI=1S/C16H14N4O/c1-20-8-7-18-16(20)15(14-6-3-9-21-14)19-13-5-2-4-12(10-13)11-17/h2-10,15,19H,1H3. The fourth-order valence-electron chi connectivity index (χ4n) is 2.22. The summed E-state index contributed by atoms with van der Waals surface area (Å²) in [5, 5.41) is 12.4. The lowest BCUT2D eigenvalue weighted by Gasteiger charge is -2.18. The molecule has 0 bridgehead atoms. The van der Waals surface area contributed by atoms with E-state index in [0.717, 1.165) is 17.3 Å². The Hall–Kier alpha value is -3.00. The average molecular weight is 278 g/mol. The molecule has 2 aromatic heterocycles. The van der Waals surface area contributed by atoms with Gasteiger partial charge in [0.15, 0.2) is 0 Å². The summed E-state index contributed by atoms with van der Waals surface area (Å²) >= 11 is 0. The molecule has 2 heterocycles. The van der Waals surface area contributed by atoms with Gasteiger partial charge in [0.1, 0.15) is 17.6 Å². The molecule has 3 aromatic rings. The van der Waals surface area contributed by atoms with E-state index in [0.29, 0.717) is 5.56 Å². The summed E-state index contributed by atoms with van der Waals surface area (Å²) in [6.07, 6.45) is 5.27. The molecule has 21 heavy (non-hydrogen) atoms. The molecule has 0 radical (unpaired) electrons. The topological polar surface area (TPSA) is 66.8 Å². The molecular weight excluding hydrogens is 264 g/mol. The highest BCUT2D eigenvalue weighted by Crippen LogP contribution is 2.26. The maximum Gasteiger partial charge on any atom is 0.143 e. The van der Waals surface area contributed by atoms with E-state index in [1.807, 2.05) is 42.1 Å². The van der Waals surface area contributed by atoms with Gasteiger partial charge in [-0.3, -0.25) is 0 Å². The van der Waals surface area contributed by atoms with Gasteiger partial charge >= 0.3 is 0 Å². The number of aryl methyl sites for hydroxylation is 1. The van der Waals surface area contributed by atoms with Gasteiger partial charge in [-0.2, -0.15) is 5.26 Å². The van der Waals surface area contributed by atoms with Crippen molar-refractivity contribution in [2.24, 2.45) is 7.05 Å². The van der Waals surface area contributed by atoms with Crippen LogP contribution in [0.15, 0.2) is 59.5 Å². The van der Waals surface area contributed by atoms with Crippen LogP contribution >= 0.6 is 0 Å². The highest BCUT2D eigenvalue weighted by Gasteiger charge is 2.20. The molecule has 3 rings (SSSR count). The van der Waals surface area contributed by atoms with Gasteiger partial charge in [-0.25, -0.2) is 4.98 Å². The van der Waals surface area contributed by atoms with Crippen molar-refractivity contribution in [3.05, 3.63) is 72.2 Å². The second kappa shape index (κ2) is 5.55. The molecule has 0 spiro atoms. The monoisotopic (exact) mass is 278 g/mol. The van der Waals surface area contributed by atoms with Crippen molar-refractivity contribution in [1.82, 2.24) is 9.55 Å². The van der Waals surface area contributed by atoms with Crippen molar-refractivity contribution in [3.8, 4) is 6.07 Å². The lowest BCUT2D eigenvalue weighted by Crippen LogP contribution is -2.16. The van der Waals surface area contributed by atoms with Gasteiger partial charge in [0.25, 0.3) is 0 Å². The third-order valence-corrected chi connectivity index (χ3v) is 3.25. The predicted molar refractivity (Wildman–Crippen MR) is 78.5 cm³/mol. The first-order valence-corrected chi connectivity index (χ1v) is 6.55. The smallest absolute Gasteiger partial charge is 0.143 e. The van der Waals surface area contributed by atoms with Crippen molar-refractivity contribution in [2.75, 3.05) is 5.32 Å². The number of hydrogen-bond acceptors (Lipinski definition) is 4. The highest BCUT2D eigenvalue weighted by molar-refractivity contribution is 5.51. The Morgan fingerprint density at radius 1 is 1.33 bits per heavy atom. The summed E-state index contributed by atoms with van der Waals surface area (Å²) in [4.78, 5) is 4.39. The Morgan fingerprint density at radius 3 is 2.90 bits per heavy atom. The van der Waals surface area contributed by atoms with Crippen molar-refractivity contribution in [1.29, 1.82) is 5.26 Å². The number of aromatic nitrogens is 2. The lowest BCUT2D eigenvalue weighted by atomic mass is 10.1. The molecule has 0 aliphatic carbocycles. The minimum Gasteiger partial charge on any atom is -0.467 e. The molecular formula is C16H14N4O. The van der Waals surface area contributed by atoms with Crippen molar-refractivity contribution < 1.29 is 4.42 Å². The summed E-state index contributed by atoms with van der Waals surface area (Å²) < 4.78 is 7.46. The lowest BCUT2D eigenvalue weighted by molar-refractivity contribution is 0.488. The first-order chi connectivity index (χ1) is 10.3. The van der Waals surface area contributed by atoms with Crippen molar-refractivity contribution in [2.45, 2.75) is 6.04 Å². The van der Waals surface area contributed by atoms with Crippen LogP contribution in [0.3, 0.4) is 0 Å². The molecule has 0 aliphatic rings. The first-order valence-electron chi connectivity index (χ1n) is 6.55. The summed E-state index contributed by atoms with van der Waals surface area (Å²) in [6, 6.07) is 13.0. The number of nitrogens with zero attached hydrogens (tertiary/aromatic N) is 3. The van der Waals surface area contributed by atoms with E-state index >= 15 is 0 Å². The van der Waals surface area contributed by atoms with Gasteiger partial charge in [-0.15, -0.1) is 0 Å². The number of nitrogens with one attached hydrogen (secondary N) is 1. The quantitative estimate of drug-likeness (QED) is 0.796. The Kier molecular flexibility index (Phi) is 3.44. The average Bonchev–Trinajstić information content (AvgIpc) is 3.17. The first kappa shape index (κ1) is 13.0. The molecule has 0 fully saturated rings. The van der Waals surface area contributed by atoms with E-state index in [2.05, 4.69) is 16.4 Å². The van der Waals surface area contributed by atoms with Gasteiger partial charge in [-0.1, -0.05) is 6.07 Å². The van der Waals surface area contributed by atoms with Crippen molar-refractivity contribution in [3.63, 3.8) is 0 Å². The van der Waals surface area contributed by atoms with Crippen LogP contribution in [-0.4, -0.2) is 9.55 Å². The third kappa shape index (κ3) is 2.65. The summed E-state index contributed by atoms with van der Waals surface area (Å²) in [7, 11) is 1.94. The predicted octanol–water partition coefficient (Wildman–Crippen LogP) is 3.09. The molecule has 5 nitrogen and oxygen atoms in total. The van der Waals surface area contributed by atoms with Crippen LogP contribution in [0.25, 0.3) is 0 Å². The van der Waals surface area contributed by atoms with Gasteiger partial charge < -0.3 is 14.3 Å². The van der Waals surface area contributed by atoms with Crippen LogP contribution in [0, 0.1) is 11.3 Å². The Morgan fingerprint density at radius 2 is 2.24 bits per heavy atom. The van der Waals surface area contributed by atoms with Gasteiger partial charge in [0, 0.05) is 25.1 Å². The second-order valence-corrected chi connectivity index (χ2v) is 4.68. The van der Waals surface area contributed by atoms with Crippen LogP contribution in [0.5, 0.6) is 0 Å². The Bertz CT molecular complexity index is 768. The van der Waals surface area contributed by atoms with E-state index in [1.54, 1.807) is 24.6 Å². The number of hydrogen-bond donors (Lipinski definition) is 1.